The Morgan fingerprint density at radius 1 is 1.06 bits per heavy atom. The van der Waals surface area contributed by atoms with E-state index < -0.39 is 5.97 Å². The van der Waals surface area contributed by atoms with Crippen molar-refractivity contribution in [3.05, 3.63) is 96.2 Å². The molecule has 4 rings (SSSR count). The second-order valence-electron chi connectivity index (χ2n) is 7.27. The summed E-state index contributed by atoms with van der Waals surface area (Å²) in [5.74, 6) is 0.448. The van der Waals surface area contributed by atoms with Crippen LogP contribution < -0.4 is 9.47 Å². The van der Waals surface area contributed by atoms with E-state index in [1.165, 1.54) is 12.7 Å². The Morgan fingerprint density at radius 2 is 1.82 bits per heavy atom. The Labute approximate surface area is 215 Å². The van der Waals surface area contributed by atoms with Gasteiger partial charge in [-0.05, 0) is 77.0 Å². The third kappa shape index (κ3) is 5.51. The highest BCUT2D eigenvalue weighted by atomic mass is 127. The summed E-state index contributed by atoms with van der Waals surface area (Å²) in [5.41, 5.74) is 3.48. The number of hydrogen-bond donors (Lipinski definition) is 0. The summed E-state index contributed by atoms with van der Waals surface area (Å²) >= 11 is 14.9. The molecular formula is C25H18Cl2INO4. The fourth-order valence-corrected chi connectivity index (χ4v) is 4.11. The lowest BCUT2D eigenvalue weighted by Gasteiger charge is -2.13. The summed E-state index contributed by atoms with van der Waals surface area (Å²) in [4.78, 5) is 16.7. The maximum absolute atomic E-state index is 12.4. The fraction of sp³-hybridized carbons (Fsp3) is 0.120. The lowest BCUT2D eigenvalue weighted by Crippen LogP contribution is -2.06. The summed E-state index contributed by atoms with van der Waals surface area (Å²) in [6, 6.07) is 16.8. The highest BCUT2D eigenvalue weighted by Crippen LogP contribution is 2.38. The minimum absolute atomic E-state index is 0.131. The smallest absolute Gasteiger partial charge is 0.363 e. The van der Waals surface area contributed by atoms with Crippen LogP contribution in [0, 0.1) is 10.5 Å². The summed E-state index contributed by atoms with van der Waals surface area (Å²) < 4.78 is 17.7. The molecule has 5 nitrogen and oxygen atoms in total. The summed E-state index contributed by atoms with van der Waals surface area (Å²) in [6.07, 6.45) is 1.58. The molecule has 33 heavy (non-hydrogen) atoms. The second kappa shape index (κ2) is 10.2. The molecule has 0 unspecified atom stereocenters. The van der Waals surface area contributed by atoms with Crippen LogP contribution in [0.5, 0.6) is 11.5 Å². The van der Waals surface area contributed by atoms with Crippen molar-refractivity contribution in [3.63, 3.8) is 0 Å². The van der Waals surface area contributed by atoms with Gasteiger partial charge in [0.15, 0.2) is 17.2 Å². The van der Waals surface area contributed by atoms with Crippen LogP contribution in [0.1, 0.15) is 22.3 Å². The summed E-state index contributed by atoms with van der Waals surface area (Å²) in [7, 11) is 1.53. The number of hydrogen-bond acceptors (Lipinski definition) is 5. The van der Waals surface area contributed by atoms with E-state index in [1.54, 1.807) is 30.3 Å². The molecule has 1 aliphatic rings. The number of benzene rings is 3. The van der Waals surface area contributed by atoms with Gasteiger partial charge in [0, 0.05) is 3.57 Å². The van der Waals surface area contributed by atoms with Crippen molar-refractivity contribution in [1.29, 1.82) is 0 Å². The average molecular weight is 594 g/mol. The molecule has 0 radical (unpaired) electrons. The van der Waals surface area contributed by atoms with Crippen LogP contribution in [0.3, 0.4) is 0 Å². The van der Waals surface area contributed by atoms with Gasteiger partial charge in [0.1, 0.15) is 6.61 Å². The number of carbonyl (C=O) groups excluding carboxylic acids is 1. The average Bonchev–Trinajstić information content (AvgIpc) is 3.15. The number of aryl methyl sites for hydroxylation is 1. The first-order chi connectivity index (χ1) is 15.8. The molecule has 1 heterocycles. The zero-order chi connectivity index (χ0) is 23.5. The van der Waals surface area contributed by atoms with Crippen LogP contribution in [0.4, 0.5) is 0 Å². The maximum atomic E-state index is 12.4. The van der Waals surface area contributed by atoms with Gasteiger partial charge >= 0.3 is 5.97 Å². The highest BCUT2D eigenvalue weighted by Gasteiger charge is 2.26. The number of aliphatic imine (C=N–C) groups is 1. The van der Waals surface area contributed by atoms with Gasteiger partial charge in [-0.3, -0.25) is 0 Å². The normalized spacial score (nSPS) is 14.3. The third-order valence-electron chi connectivity index (χ3n) is 4.84. The molecule has 3 aromatic carbocycles. The molecule has 0 aliphatic carbocycles. The van der Waals surface area contributed by atoms with Gasteiger partial charge < -0.3 is 14.2 Å². The predicted molar refractivity (Wildman–Crippen MR) is 138 cm³/mol. The number of methoxy groups -OCH3 is 1. The number of rotatable bonds is 6. The van der Waals surface area contributed by atoms with Crippen LogP contribution >= 0.6 is 45.8 Å². The van der Waals surface area contributed by atoms with E-state index in [4.69, 9.17) is 37.4 Å². The molecule has 8 heteroatoms. The Bertz CT molecular complexity index is 1290. The number of carbonyl (C=O) groups is 1. The first kappa shape index (κ1) is 23.6. The standard InChI is InChI=1S/C25H18Cl2INO4/c1-14-3-5-15(6-4-14)13-32-23-20(27)9-16(11-22(23)31-2)10-21-25(30)33-24(29-21)18-12-17(28)7-8-19(18)26/h3-12H,13H2,1-2H3. The van der Waals surface area contributed by atoms with Gasteiger partial charge in [-0.1, -0.05) is 53.0 Å². The highest BCUT2D eigenvalue weighted by molar-refractivity contribution is 14.1. The fourth-order valence-electron chi connectivity index (χ4n) is 3.15. The summed E-state index contributed by atoms with van der Waals surface area (Å²) in [6.45, 7) is 2.37. The van der Waals surface area contributed by atoms with Crippen LogP contribution in [0.25, 0.3) is 6.08 Å². The van der Waals surface area contributed by atoms with E-state index in [0.29, 0.717) is 39.3 Å². The molecule has 3 aromatic rings. The van der Waals surface area contributed by atoms with Crippen molar-refractivity contribution in [3.8, 4) is 11.5 Å². The van der Waals surface area contributed by atoms with Gasteiger partial charge in [0.25, 0.3) is 0 Å². The Kier molecular flexibility index (Phi) is 7.26. The molecule has 168 valence electrons. The Hall–Kier alpha value is -2.55. The quantitative estimate of drug-likeness (QED) is 0.178. The third-order valence-corrected chi connectivity index (χ3v) is 6.12. The molecule has 0 bridgehead atoms. The van der Waals surface area contributed by atoms with Gasteiger partial charge in [-0.15, -0.1) is 0 Å². The van der Waals surface area contributed by atoms with Crippen LogP contribution in [-0.4, -0.2) is 19.0 Å². The van der Waals surface area contributed by atoms with E-state index in [2.05, 4.69) is 27.6 Å². The lowest BCUT2D eigenvalue weighted by atomic mass is 10.1. The first-order valence-corrected chi connectivity index (χ1v) is 11.7. The zero-order valence-corrected chi connectivity index (χ0v) is 21.4. The lowest BCUT2D eigenvalue weighted by molar-refractivity contribution is -0.129. The van der Waals surface area contributed by atoms with Crippen LogP contribution in [-0.2, 0) is 16.1 Å². The van der Waals surface area contributed by atoms with Crippen molar-refractivity contribution in [2.45, 2.75) is 13.5 Å². The number of halogens is 3. The topological polar surface area (TPSA) is 57.1 Å². The summed E-state index contributed by atoms with van der Waals surface area (Å²) in [5, 5.41) is 0.799. The molecule has 0 aromatic heterocycles. The largest absolute Gasteiger partial charge is 0.493 e. The molecular weight excluding hydrogens is 576 g/mol. The van der Waals surface area contributed by atoms with Crippen molar-refractivity contribution >= 4 is 63.7 Å². The molecule has 0 atom stereocenters. The zero-order valence-electron chi connectivity index (χ0n) is 17.7. The van der Waals surface area contributed by atoms with Gasteiger partial charge in [0.2, 0.25) is 5.90 Å². The molecule has 0 N–H and O–H groups in total. The minimum atomic E-state index is -0.574. The van der Waals surface area contributed by atoms with Gasteiger partial charge in [0.05, 0.1) is 22.7 Å². The number of ether oxygens (including phenoxy) is 3. The van der Waals surface area contributed by atoms with E-state index in [-0.39, 0.29) is 11.6 Å². The van der Waals surface area contributed by atoms with E-state index in [1.807, 2.05) is 37.3 Å². The van der Waals surface area contributed by atoms with Crippen molar-refractivity contribution in [1.82, 2.24) is 0 Å². The molecule has 0 saturated carbocycles. The van der Waals surface area contributed by atoms with E-state index in [0.717, 1.165) is 9.13 Å². The van der Waals surface area contributed by atoms with Crippen LogP contribution in [0.15, 0.2) is 65.3 Å². The second-order valence-corrected chi connectivity index (χ2v) is 9.33. The monoisotopic (exact) mass is 593 g/mol. The number of cyclic esters (lactones) is 1. The molecule has 0 amide bonds. The predicted octanol–water partition coefficient (Wildman–Crippen LogP) is 6.84. The Morgan fingerprint density at radius 3 is 2.55 bits per heavy atom. The molecule has 0 spiro atoms. The van der Waals surface area contributed by atoms with Crippen molar-refractivity contribution < 1.29 is 19.0 Å². The molecule has 0 saturated heterocycles. The van der Waals surface area contributed by atoms with Crippen molar-refractivity contribution in [2.24, 2.45) is 4.99 Å². The van der Waals surface area contributed by atoms with Crippen molar-refractivity contribution in [2.75, 3.05) is 7.11 Å². The van der Waals surface area contributed by atoms with Gasteiger partial charge in [-0.2, -0.15) is 0 Å². The van der Waals surface area contributed by atoms with E-state index >= 15 is 0 Å². The van der Waals surface area contributed by atoms with Gasteiger partial charge in [-0.25, -0.2) is 9.79 Å². The van der Waals surface area contributed by atoms with Crippen LogP contribution in [0.2, 0.25) is 10.0 Å². The first-order valence-electron chi connectivity index (χ1n) is 9.88. The van der Waals surface area contributed by atoms with E-state index in [9.17, 15) is 4.79 Å². The molecule has 0 fully saturated rings. The maximum Gasteiger partial charge on any atom is 0.363 e. The number of esters is 1. The molecule has 1 aliphatic heterocycles. The minimum Gasteiger partial charge on any atom is -0.493 e. The Balaban J connectivity index is 1.60. The number of nitrogens with zero attached hydrogens (tertiary/aromatic N) is 1. The SMILES string of the molecule is COc1cc(C=C2N=C(c3cc(I)ccc3Cl)OC2=O)cc(Cl)c1OCc1ccc(C)cc1.